The quantitative estimate of drug-likeness (QED) is 0.248. The predicted molar refractivity (Wildman–Crippen MR) is 141 cm³/mol. The van der Waals surface area contributed by atoms with Crippen LogP contribution < -0.4 is 10.1 Å². The summed E-state index contributed by atoms with van der Waals surface area (Å²) >= 11 is 6.36. The number of ether oxygens (including phenoxy) is 1. The molecule has 0 aliphatic carbocycles. The zero-order chi connectivity index (χ0) is 24.4. The number of nitrogens with zero attached hydrogens (tertiary/aromatic N) is 2. The van der Waals surface area contributed by atoms with E-state index >= 15 is 0 Å². The highest BCUT2D eigenvalue weighted by molar-refractivity contribution is 6.31. The molecular weight excluding hydrogens is 460 g/mol. The Morgan fingerprint density at radius 1 is 1.03 bits per heavy atom. The summed E-state index contributed by atoms with van der Waals surface area (Å²) in [6, 6.07) is 23.3. The third kappa shape index (κ3) is 4.58. The van der Waals surface area contributed by atoms with Gasteiger partial charge in [0.15, 0.2) is 0 Å². The van der Waals surface area contributed by atoms with Gasteiger partial charge in [0.2, 0.25) is 0 Å². The summed E-state index contributed by atoms with van der Waals surface area (Å²) in [5.74, 6) is 0.682. The van der Waals surface area contributed by atoms with Crippen LogP contribution in [0.5, 0.6) is 5.75 Å². The first-order valence-corrected chi connectivity index (χ1v) is 11.7. The van der Waals surface area contributed by atoms with Crippen LogP contribution in [0.3, 0.4) is 0 Å². The van der Waals surface area contributed by atoms with E-state index in [2.05, 4.69) is 21.6 Å². The van der Waals surface area contributed by atoms with Gasteiger partial charge >= 0.3 is 0 Å². The number of benzene rings is 3. The van der Waals surface area contributed by atoms with E-state index in [-0.39, 0.29) is 12.6 Å². The van der Waals surface area contributed by atoms with Gasteiger partial charge in [0.1, 0.15) is 5.75 Å². The van der Waals surface area contributed by atoms with Crippen LogP contribution in [-0.4, -0.2) is 34.0 Å². The summed E-state index contributed by atoms with van der Waals surface area (Å²) in [5, 5.41) is 22.5. The topological polar surface area (TPSA) is 83.1 Å². The van der Waals surface area contributed by atoms with E-state index in [0.717, 1.165) is 50.2 Å². The van der Waals surface area contributed by atoms with E-state index in [1.807, 2.05) is 67.6 Å². The first kappa shape index (κ1) is 22.9. The number of nitrogens with one attached hydrogen (secondary N) is 2. The van der Waals surface area contributed by atoms with Gasteiger partial charge in [-0.3, -0.25) is 10.1 Å². The number of methoxy groups -OCH3 is 1. The fourth-order valence-corrected chi connectivity index (χ4v) is 4.45. The average Bonchev–Trinajstić information content (AvgIpc) is 3.27. The standard InChI is InChI=1S/C28H25ClN4O2/c1-17-22-12-19(8-10-25(22)33-32-17)23-14-21(31-26(16-34)18-6-4-3-5-7-18)15-30-28(23)24-13-20(29)9-11-27(24)35-2/h3-15,26,31,34H,16H2,1-2H3,(H,32,33). The van der Waals surface area contributed by atoms with Gasteiger partial charge in [0, 0.05) is 21.5 Å². The minimum Gasteiger partial charge on any atom is -0.496 e. The van der Waals surface area contributed by atoms with Crippen LogP contribution >= 0.6 is 11.6 Å². The molecule has 35 heavy (non-hydrogen) atoms. The molecule has 176 valence electrons. The SMILES string of the molecule is COc1ccc(Cl)cc1-c1ncc(NC(CO)c2ccccc2)cc1-c1ccc2[nH]nc(C)c2c1. The number of halogens is 1. The number of aliphatic hydroxyl groups is 1. The predicted octanol–water partition coefficient (Wildman–Crippen LogP) is 6.41. The fraction of sp³-hybridized carbons (Fsp3) is 0.143. The molecule has 3 N–H and O–H groups in total. The van der Waals surface area contributed by atoms with Gasteiger partial charge in [0.25, 0.3) is 0 Å². The van der Waals surface area contributed by atoms with Crippen LogP contribution in [0.25, 0.3) is 33.3 Å². The van der Waals surface area contributed by atoms with Crippen molar-refractivity contribution in [2.75, 3.05) is 19.0 Å². The third-order valence-corrected chi connectivity index (χ3v) is 6.33. The largest absolute Gasteiger partial charge is 0.496 e. The fourth-order valence-electron chi connectivity index (χ4n) is 4.28. The van der Waals surface area contributed by atoms with E-state index < -0.39 is 0 Å². The molecule has 0 aliphatic rings. The van der Waals surface area contributed by atoms with E-state index in [1.165, 1.54) is 0 Å². The Balaban J connectivity index is 1.66. The van der Waals surface area contributed by atoms with Crippen LogP contribution in [0.4, 0.5) is 5.69 Å². The molecule has 3 aromatic carbocycles. The van der Waals surface area contributed by atoms with Crippen molar-refractivity contribution in [3.63, 3.8) is 0 Å². The lowest BCUT2D eigenvalue weighted by Crippen LogP contribution is -2.15. The highest BCUT2D eigenvalue weighted by Gasteiger charge is 2.18. The lowest BCUT2D eigenvalue weighted by Gasteiger charge is -2.20. The van der Waals surface area contributed by atoms with Gasteiger partial charge in [-0.1, -0.05) is 48.0 Å². The van der Waals surface area contributed by atoms with Crippen molar-refractivity contribution >= 4 is 28.2 Å². The molecule has 1 atom stereocenters. The minimum absolute atomic E-state index is 0.0522. The van der Waals surface area contributed by atoms with Crippen LogP contribution in [0.15, 0.2) is 79.0 Å². The van der Waals surface area contributed by atoms with Crippen molar-refractivity contribution in [1.29, 1.82) is 0 Å². The molecule has 5 aromatic rings. The number of aromatic amines is 1. The Morgan fingerprint density at radius 3 is 2.63 bits per heavy atom. The Morgan fingerprint density at radius 2 is 1.86 bits per heavy atom. The number of H-pyrrole nitrogens is 1. The van der Waals surface area contributed by atoms with Gasteiger partial charge in [-0.05, 0) is 54.4 Å². The van der Waals surface area contributed by atoms with Gasteiger partial charge in [-0.15, -0.1) is 0 Å². The highest BCUT2D eigenvalue weighted by atomic mass is 35.5. The Hall–Kier alpha value is -3.87. The monoisotopic (exact) mass is 484 g/mol. The number of anilines is 1. The summed E-state index contributed by atoms with van der Waals surface area (Å²) in [4.78, 5) is 4.84. The van der Waals surface area contributed by atoms with Gasteiger partial charge < -0.3 is 15.2 Å². The van der Waals surface area contributed by atoms with Crippen LogP contribution in [0.1, 0.15) is 17.3 Å². The molecule has 6 nitrogen and oxygen atoms in total. The number of hydrogen-bond donors (Lipinski definition) is 3. The Kier molecular flexibility index (Phi) is 6.40. The van der Waals surface area contributed by atoms with Gasteiger partial charge in [-0.2, -0.15) is 5.10 Å². The first-order chi connectivity index (χ1) is 17.1. The van der Waals surface area contributed by atoms with E-state index in [4.69, 9.17) is 21.3 Å². The lowest BCUT2D eigenvalue weighted by atomic mass is 9.96. The molecule has 0 saturated carbocycles. The Bertz CT molecular complexity index is 1480. The average molecular weight is 485 g/mol. The van der Waals surface area contributed by atoms with E-state index in [9.17, 15) is 5.11 Å². The number of aliphatic hydroxyl groups excluding tert-OH is 1. The maximum absolute atomic E-state index is 10.1. The molecule has 5 rings (SSSR count). The van der Waals surface area contributed by atoms with Crippen molar-refractivity contribution in [3.05, 3.63) is 95.3 Å². The second-order valence-corrected chi connectivity index (χ2v) is 8.76. The number of fused-ring (bicyclic) bond motifs is 1. The zero-order valence-corrected chi connectivity index (χ0v) is 20.2. The Labute approximate surface area is 208 Å². The lowest BCUT2D eigenvalue weighted by molar-refractivity contribution is 0.276. The molecule has 0 bridgehead atoms. The number of rotatable bonds is 7. The van der Waals surface area contributed by atoms with Crippen molar-refractivity contribution in [2.45, 2.75) is 13.0 Å². The van der Waals surface area contributed by atoms with Crippen molar-refractivity contribution in [2.24, 2.45) is 0 Å². The molecule has 0 radical (unpaired) electrons. The second-order valence-electron chi connectivity index (χ2n) is 8.32. The molecule has 0 saturated heterocycles. The van der Waals surface area contributed by atoms with Gasteiger partial charge in [-0.25, -0.2) is 0 Å². The van der Waals surface area contributed by atoms with Gasteiger partial charge in [0.05, 0.1) is 48.5 Å². The summed E-state index contributed by atoms with van der Waals surface area (Å²) in [6.07, 6.45) is 1.77. The third-order valence-electron chi connectivity index (χ3n) is 6.09. The smallest absolute Gasteiger partial charge is 0.128 e. The number of aromatic nitrogens is 3. The molecule has 0 spiro atoms. The van der Waals surface area contributed by atoms with Crippen LogP contribution in [0, 0.1) is 6.92 Å². The molecule has 2 heterocycles. The number of pyridine rings is 1. The van der Waals surface area contributed by atoms with Crippen molar-refractivity contribution in [3.8, 4) is 28.1 Å². The van der Waals surface area contributed by atoms with E-state index in [1.54, 1.807) is 19.4 Å². The normalized spacial score (nSPS) is 12.0. The van der Waals surface area contributed by atoms with Crippen molar-refractivity contribution < 1.29 is 9.84 Å². The maximum atomic E-state index is 10.1. The maximum Gasteiger partial charge on any atom is 0.128 e. The minimum atomic E-state index is -0.268. The summed E-state index contributed by atoms with van der Waals surface area (Å²) in [5.41, 5.74) is 7.11. The zero-order valence-electron chi connectivity index (χ0n) is 19.4. The van der Waals surface area contributed by atoms with Crippen LogP contribution in [-0.2, 0) is 0 Å². The van der Waals surface area contributed by atoms with Crippen LogP contribution in [0.2, 0.25) is 5.02 Å². The first-order valence-electron chi connectivity index (χ1n) is 11.3. The summed E-state index contributed by atoms with van der Waals surface area (Å²) in [7, 11) is 1.63. The highest BCUT2D eigenvalue weighted by Crippen LogP contribution is 2.39. The van der Waals surface area contributed by atoms with E-state index in [0.29, 0.717) is 10.8 Å². The molecule has 2 aromatic heterocycles. The number of hydrogen-bond acceptors (Lipinski definition) is 5. The summed E-state index contributed by atoms with van der Waals surface area (Å²) in [6.45, 7) is 1.93. The molecular formula is C28H25ClN4O2. The molecule has 0 fully saturated rings. The summed E-state index contributed by atoms with van der Waals surface area (Å²) < 4.78 is 5.63. The molecule has 0 amide bonds. The van der Waals surface area contributed by atoms with Crippen molar-refractivity contribution in [1.82, 2.24) is 15.2 Å². The number of aryl methyl sites for hydroxylation is 1. The second kappa shape index (κ2) is 9.78. The molecule has 1 unspecified atom stereocenters. The molecule has 0 aliphatic heterocycles. The molecule has 7 heteroatoms.